The lowest BCUT2D eigenvalue weighted by molar-refractivity contribution is 0.426. The molecular formula is C74H50BBrN4O2. The highest BCUT2D eigenvalue weighted by molar-refractivity contribution is 9.10. The summed E-state index contributed by atoms with van der Waals surface area (Å²) in [5.41, 5.74) is 11.6. The van der Waals surface area contributed by atoms with Gasteiger partial charge in [-0.15, -0.1) is 0 Å². The number of hydrogen-bond acceptors (Lipinski definition) is 4. The van der Waals surface area contributed by atoms with E-state index in [1.54, 1.807) is 0 Å². The monoisotopic (exact) mass is 1120 g/mol. The lowest BCUT2D eigenvalue weighted by Gasteiger charge is -2.14. The first-order valence-corrected chi connectivity index (χ1v) is 28.2. The van der Waals surface area contributed by atoms with Crippen LogP contribution in [0.3, 0.4) is 0 Å². The maximum absolute atomic E-state index is 9.65. The molecule has 388 valence electrons. The molecule has 2 N–H and O–H groups in total. The second-order valence-corrected chi connectivity index (χ2v) is 21.3. The van der Waals surface area contributed by atoms with E-state index in [0.29, 0.717) is 5.46 Å². The third-order valence-electron chi connectivity index (χ3n) is 15.5. The van der Waals surface area contributed by atoms with Crippen LogP contribution in [0.2, 0.25) is 0 Å². The van der Waals surface area contributed by atoms with Crippen LogP contribution < -0.4 is 5.46 Å². The van der Waals surface area contributed by atoms with E-state index >= 15 is 0 Å². The smallest absolute Gasteiger partial charge is 0.423 e. The molecule has 14 aromatic carbocycles. The van der Waals surface area contributed by atoms with E-state index in [4.69, 9.17) is 9.97 Å². The molecule has 0 aliphatic heterocycles. The minimum absolute atomic E-state index is 0.549. The molecule has 6 nitrogen and oxygen atoms in total. The summed E-state index contributed by atoms with van der Waals surface area (Å²) in [4.78, 5) is 9.88. The van der Waals surface area contributed by atoms with Crippen molar-refractivity contribution in [1.82, 2.24) is 19.1 Å². The van der Waals surface area contributed by atoms with Crippen molar-refractivity contribution >= 4 is 115 Å². The molecule has 16 rings (SSSR count). The molecule has 0 aliphatic carbocycles. The van der Waals surface area contributed by atoms with Crippen molar-refractivity contribution in [1.29, 1.82) is 0 Å². The Kier molecular flexibility index (Phi) is 13.2. The van der Waals surface area contributed by atoms with Crippen molar-refractivity contribution in [2.75, 3.05) is 0 Å². The van der Waals surface area contributed by atoms with Crippen LogP contribution in [0, 0.1) is 0 Å². The van der Waals surface area contributed by atoms with Crippen LogP contribution in [-0.2, 0) is 0 Å². The van der Waals surface area contributed by atoms with Gasteiger partial charge in [-0.3, -0.25) is 9.13 Å². The lowest BCUT2D eigenvalue weighted by atomic mass is 9.75. The molecular weight excluding hydrogens is 1070 g/mol. The maximum atomic E-state index is 9.65. The van der Waals surface area contributed by atoms with Gasteiger partial charge in [0.2, 0.25) is 0 Å². The van der Waals surface area contributed by atoms with Crippen molar-refractivity contribution in [2.45, 2.75) is 0 Å². The van der Waals surface area contributed by atoms with Crippen molar-refractivity contribution in [3.05, 3.63) is 296 Å². The molecule has 2 aromatic heterocycles. The number of fused-ring (bicyclic) bond motifs is 12. The van der Waals surface area contributed by atoms with Gasteiger partial charge in [0, 0.05) is 27.0 Å². The minimum Gasteiger partial charge on any atom is -0.423 e. The minimum atomic E-state index is -1.47. The number of hydrogen-bond donors (Lipinski definition) is 2. The highest BCUT2D eigenvalue weighted by Gasteiger charge is 2.19. The molecule has 0 saturated carbocycles. The molecule has 0 radical (unpaired) electrons. The largest absolute Gasteiger partial charge is 0.489 e. The average molecular weight is 1120 g/mol. The Balaban J connectivity index is 0.000000119. The Morgan fingerprint density at radius 1 is 0.317 bits per heavy atom. The van der Waals surface area contributed by atoms with Crippen LogP contribution in [0.4, 0.5) is 0 Å². The Hall–Kier alpha value is -9.96. The Morgan fingerprint density at radius 3 is 1.21 bits per heavy atom. The summed E-state index contributed by atoms with van der Waals surface area (Å²) in [6.07, 6.45) is 0. The molecule has 0 bridgehead atoms. The number of halogens is 1. The average Bonchev–Trinajstić information content (AvgIpc) is 4.28. The topological polar surface area (TPSA) is 76.1 Å². The first kappa shape index (κ1) is 50.3. The van der Waals surface area contributed by atoms with Crippen LogP contribution in [0.25, 0.3) is 132 Å². The van der Waals surface area contributed by atoms with E-state index in [1.807, 2.05) is 84.9 Å². The molecule has 16 aromatic rings. The number of para-hydroxylation sites is 6. The zero-order valence-corrected chi connectivity index (χ0v) is 45.9. The maximum Gasteiger partial charge on any atom is 0.489 e. The fraction of sp³-hybridized carbons (Fsp3) is 0. The van der Waals surface area contributed by atoms with Crippen molar-refractivity contribution in [3.63, 3.8) is 0 Å². The second kappa shape index (κ2) is 21.6. The van der Waals surface area contributed by atoms with Gasteiger partial charge in [0.25, 0.3) is 0 Å². The summed E-state index contributed by atoms with van der Waals surface area (Å²) in [6.45, 7) is 0. The molecule has 0 spiro atoms. The van der Waals surface area contributed by atoms with Gasteiger partial charge >= 0.3 is 7.12 Å². The van der Waals surface area contributed by atoms with E-state index in [2.05, 4.69) is 231 Å². The fourth-order valence-corrected chi connectivity index (χ4v) is 12.0. The third kappa shape index (κ3) is 9.25. The molecule has 0 aliphatic rings. The fourth-order valence-electron chi connectivity index (χ4n) is 11.8. The Bertz CT molecular complexity index is 5020. The summed E-state index contributed by atoms with van der Waals surface area (Å²) in [7, 11) is -1.47. The number of imidazole rings is 2. The number of nitrogens with zero attached hydrogens (tertiary/aromatic N) is 4. The Morgan fingerprint density at radius 2 is 0.695 bits per heavy atom. The number of rotatable bonds is 6. The van der Waals surface area contributed by atoms with Crippen LogP contribution >= 0.6 is 15.9 Å². The van der Waals surface area contributed by atoms with Gasteiger partial charge in [0.05, 0.1) is 22.1 Å². The summed E-state index contributed by atoms with van der Waals surface area (Å²) < 4.78 is 5.53. The summed E-state index contributed by atoms with van der Waals surface area (Å²) in [5.74, 6) is 1.91. The van der Waals surface area contributed by atoms with Gasteiger partial charge in [0.1, 0.15) is 11.6 Å². The van der Waals surface area contributed by atoms with E-state index in [0.717, 1.165) is 82.2 Å². The van der Waals surface area contributed by atoms with Crippen LogP contribution in [-0.4, -0.2) is 36.3 Å². The molecule has 0 atom stereocenters. The molecule has 0 amide bonds. The number of benzene rings is 14. The SMILES string of the molecule is Brc1ccc(-c2nc3ccccc3n2-c2ccccc2)cc1.OB(O)c1cc2ccc3ccccc3c2c2ccccc12.c1ccc(-n2c(-c3ccc(-c4cc5ccc6ccccc6c5c5ccccc45)cc3)nc3ccccc32)cc1. The normalized spacial score (nSPS) is 11.4. The molecule has 82 heavy (non-hydrogen) atoms. The van der Waals surface area contributed by atoms with Crippen LogP contribution in [0.1, 0.15) is 0 Å². The number of aromatic nitrogens is 4. The molecule has 0 unspecified atom stereocenters. The van der Waals surface area contributed by atoms with E-state index in [1.165, 1.54) is 54.2 Å². The van der Waals surface area contributed by atoms with Crippen molar-refractivity contribution < 1.29 is 10.0 Å². The zero-order chi connectivity index (χ0) is 55.1. The van der Waals surface area contributed by atoms with E-state index in [9.17, 15) is 10.0 Å². The molecule has 2 heterocycles. The van der Waals surface area contributed by atoms with Crippen molar-refractivity contribution in [3.8, 4) is 45.3 Å². The van der Waals surface area contributed by atoms with Gasteiger partial charge in [-0.25, -0.2) is 9.97 Å². The summed E-state index contributed by atoms with van der Waals surface area (Å²) in [5, 5.41) is 33.5. The van der Waals surface area contributed by atoms with E-state index < -0.39 is 7.12 Å². The zero-order valence-electron chi connectivity index (χ0n) is 44.4. The Labute approximate surface area is 482 Å². The highest BCUT2D eigenvalue weighted by atomic mass is 79.9. The van der Waals surface area contributed by atoms with Crippen LogP contribution in [0.15, 0.2) is 296 Å². The predicted octanol–water partition coefficient (Wildman–Crippen LogP) is 18.1. The quantitative estimate of drug-likeness (QED) is 0.128. The van der Waals surface area contributed by atoms with Gasteiger partial charge in [-0.05, 0) is 148 Å². The van der Waals surface area contributed by atoms with Gasteiger partial charge < -0.3 is 10.0 Å². The summed E-state index contributed by atoms with van der Waals surface area (Å²) in [6, 6.07) is 101. The van der Waals surface area contributed by atoms with E-state index in [-0.39, 0.29) is 0 Å². The third-order valence-corrected chi connectivity index (χ3v) is 16.0. The predicted molar refractivity (Wildman–Crippen MR) is 347 cm³/mol. The molecule has 8 heteroatoms. The summed E-state index contributed by atoms with van der Waals surface area (Å²) >= 11 is 3.49. The first-order valence-electron chi connectivity index (χ1n) is 27.4. The van der Waals surface area contributed by atoms with Crippen molar-refractivity contribution in [2.24, 2.45) is 0 Å². The van der Waals surface area contributed by atoms with Gasteiger partial charge in [-0.2, -0.15) is 0 Å². The van der Waals surface area contributed by atoms with Crippen LogP contribution in [0.5, 0.6) is 0 Å². The lowest BCUT2D eigenvalue weighted by Crippen LogP contribution is -2.30. The van der Waals surface area contributed by atoms with Gasteiger partial charge in [0.15, 0.2) is 0 Å². The standard InChI is InChI=1S/C37H24N2.C19H13BrN2.C18H13BO2/c1-2-11-29(12-3-1)39-35-17-9-8-16-34(35)38-37(39)27-21-18-26(19-22-27)33-24-28-23-20-25-10-4-5-13-30(25)36(28)32-15-7-6-14-31(32)33;20-15-12-10-14(11-13-15)19-21-17-8-4-5-9-18(17)22(19)16-6-2-1-3-7-16;20-19(21)17-11-13-10-9-12-5-1-2-6-14(12)18(13)16-8-4-3-7-15(16)17/h1-24H;1-13H;1-11,20-21H. The first-order chi connectivity index (χ1) is 40.4. The second-order valence-electron chi connectivity index (χ2n) is 20.4. The highest BCUT2D eigenvalue weighted by Crippen LogP contribution is 2.40. The molecule has 0 fully saturated rings. The molecule has 0 saturated heterocycles. The van der Waals surface area contributed by atoms with Gasteiger partial charge in [-0.1, -0.05) is 240 Å².